The van der Waals surface area contributed by atoms with Crippen LogP contribution in [0, 0.1) is 11.8 Å². The molecule has 0 aromatic heterocycles. The minimum absolute atomic E-state index is 0.220. The van der Waals surface area contributed by atoms with Gasteiger partial charge < -0.3 is 5.11 Å². The van der Waals surface area contributed by atoms with Crippen LogP contribution in [0.25, 0.3) is 0 Å². The van der Waals surface area contributed by atoms with Crippen molar-refractivity contribution in [1.82, 2.24) is 9.03 Å². The van der Waals surface area contributed by atoms with Crippen LogP contribution in [0.1, 0.15) is 27.2 Å². The summed E-state index contributed by atoms with van der Waals surface area (Å²) >= 11 is 0. The van der Waals surface area contributed by atoms with E-state index < -0.39 is 28.1 Å². The van der Waals surface area contributed by atoms with Crippen molar-refractivity contribution in [3.63, 3.8) is 0 Å². The van der Waals surface area contributed by atoms with Crippen LogP contribution in [0.2, 0.25) is 0 Å². The minimum Gasteiger partial charge on any atom is -0.481 e. The average Bonchev–Trinajstić information content (AvgIpc) is 2.58. The van der Waals surface area contributed by atoms with Crippen LogP contribution in [0.15, 0.2) is 0 Å². The average molecular weight is 264 g/mol. The molecule has 100 valence electrons. The van der Waals surface area contributed by atoms with E-state index in [4.69, 9.17) is 5.11 Å². The van der Waals surface area contributed by atoms with Gasteiger partial charge in [0.25, 0.3) is 10.2 Å². The third kappa shape index (κ3) is 3.40. The van der Waals surface area contributed by atoms with E-state index in [0.717, 1.165) is 0 Å². The summed E-state index contributed by atoms with van der Waals surface area (Å²) in [5.74, 6) is -1.32. The number of rotatable bonds is 5. The van der Waals surface area contributed by atoms with Crippen LogP contribution in [0.3, 0.4) is 0 Å². The van der Waals surface area contributed by atoms with Crippen molar-refractivity contribution in [2.45, 2.75) is 33.2 Å². The number of hydrogen-bond donors (Lipinski definition) is 2. The third-order valence-corrected chi connectivity index (χ3v) is 4.66. The summed E-state index contributed by atoms with van der Waals surface area (Å²) in [6, 6.07) is -0.489. The molecular weight excluding hydrogens is 244 g/mol. The quantitative estimate of drug-likeness (QED) is 0.746. The molecule has 1 heterocycles. The van der Waals surface area contributed by atoms with Crippen LogP contribution in [-0.4, -0.2) is 42.9 Å². The van der Waals surface area contributed by atoms with E-state index in [1.165, 1.54) is 4.31 Å². The fourth-order valence-corrected chi connectivity index (χ4v) is 3.58. The number of hydrogen-bond acceptors (Lipinski definition) is 3. The summed E-state index contributed by atoms with van der Waals surface area (Å²) in [4.78, 5) is 10.9. The maximum Gasteiger partial charge on any atom is 0.308 e. The lowest BCUT2D eigenvalue weighted by Gasteiger charge is -2.23. The maximum atomic E-state index is 11.9. The Morgan fingerprint density at radius 3 is 2.53 bits per heavy atom. The van der Waals surface area contributed by atoms with Gasteiger partial charge in [-0.2, -0.15) is 12.7 Å². The highest BCUT2D eigenvalue weighted by Crippen LogP contribution is 2.26. The number of carboxylic acid groups (broad SMARTS) is 1. The smallest absolute Gasteiger partial charge is 0.308 e. The van der Waals surface area contributed by atoms with Gasteiger partial charge in [-0.15, -0.1) is 0 Å². The lowest BCUT2D eigenvalue weighted by molar-refractivity contribution is -0.142. The molecule has 0 aliphatic carbocycles. The molecule has 0 radical (unpaired) electrons. The molecule has 0 aromatic carbocycles. The predicted molar refractivity (Wildman–Crippen MR) is 63.7 cm³/mol. The molecule has 6 nitrogen and oxygen atoms in total. The normalized spacial score (nSPS) is 26.6. The molecule has 7 heteroatoms. The van der Waals surface area contributed by atoms with E-state index >= 15 is 0 Å². The van der Waals surface area contributed by atoms with E-state index in [9.17, 15) is 13.2 Å². The molecule has 1 aliphatic heterocycles. The summed E-state index contributed by atoms with van der Waals surface area (Å²) in [5.41, 5.74) is 0. The van der Waals surface area contributed by atoms with Crippen molar-refractivity contribution in [3.8, 4) is 0 Å². The number of carboxylic acids is 1. The topological polar surface area (TPSA) is 86.7 Å². The Morgan fingerprint density at radius 1 is 1.53 bits per heavy atom. The number of nitrogens with zero attached hydrogens (tertiary/aromatic N) is 1. The van der Waals surface area contributed by atoms with Gasteiger partial charge in [0, 0.05) is 19.1 Å². The highest BCUT2D eigenvalue weighted by atomic mass is 32.2. The van der Waals surface area contributed by atoms with Gasteiger partial charge in [0.15, 0.2) is 0 Å². The Morgan fingerprint density at radius 2 is 2.12 bits per heavy atom. The first kappa shape index (κ1) is 14.4. The van der Waals surface area contributed by atoms with Gasteiger partial charge in [0.05, 0.1) is 5.92 Å². The van der Waals surface area contributed by atoms with E-state index in [2.05, 4.69) is 4.72 Å². The molecular formula is C10H20N2O4S. The van der Waals surface area contributed by atoms with Crippen LogP contribution >= 0.6 is 0 Å². The predicted octanol–water partition coefficient (Wildman–Crippen LogP) is 0.272. The largest absolute Gasteiger partial charge is 0.481 e. The molecule has 17 heavy (non-hydrogen) atoms. The maximum absolute atomic E-state index is 11.9. The number of aliphatic carboxylic acids is 1. The minimum atomic E-state index is -3.55. The first-order chi connectivity index (χ1) is 7.75. The van der Waals surface area contributed by atoms with Crippen LogP contribution in [-0.2, 0) is 15.0 Å². The Labute approximate surface area is 102 Å². The molecule has 1 rings (SSSR count). The zero-order chi connectivity index (χ0) is 13.2. The van der Waals surface area contributed by atoms with Crippen molar-refractivity contribution < 1.29 is 18.3 Å². The van der Waals surface area contributed by atoms with E-state index in [0.29, 0.717) is 13.0 Å². The Balaban J connectivity index is 2.71. The van der Waals surface area contributed by atoms with E-state index in [1.54, 1.807) is 6.92 Å². The fourth-order valence-electron chi connectivity index (χ4n) is 1.94. The molecule has 0 amide bonds. The molecule has 0 bridgehead atoms. The lowest BCUT2D eigenvalue weighted by atomic mass is 10.0. The van der Waals surface area contributed by atoms with E-state index in [1.807, 2.05) is 13.8 Å². The Kier molecular flexibility index (Phi) is 4.51. The summed E-state index contributed by atoms with van der Waals surface area (Å²) in [7, 11) is -3.55. The highest BCUT2D eigenvalue weighted by Gasteiger charge is 2.41. The van der Waals surface area contributed by atoms with Crippen molar-refractivity contribution in [3.05, 3.63) is 0 Å². The van der Waals surface area contributed by atoms with Crippen molar-refractivity contribution in [1.29, 1.82) is 0 Å². The first-order valence-corrected chi connectivity index (χ1v) is 7.19. The monoisotopic (exact) mass is 264 g/mol. The fraction of sp³-hybridized carbons (Fsp3) is 0.900. The lowest BCUT2D eigenvalue weighted by Crippen LogP contribution is -2.45. The third-order valence-electron chi connectivity index (χ3n) is 3.00. The van der Waals surface area contributed by atoms with Gasteiger partial charge in [0.1, 0.15) is 0 Å². The number of nitrogens with one attached hydrogen (secondary N) is 1. The Bertz CT molecular complexity index is 380. The van der Waals surface area contributed by atoms with Gasteiger partial charge >= 0.3 is 5.97 Å². The molecule has 0 aromatic rings. The van der Waals surface area contributed by atoms with Crippen molar-refractivity contribution in [2.75, 3.05) is 13.1 Å². The van der Waals surface area contributed by atoms with Gasteiger partial charge in [-0.3, -0.25) is 4.79 Å². The standard InChI is InChI=1S/C10H20N2O4S/c1-7(2)6-11-17(15,16)12-5-4-9(8(12)3)10(13)14/h7-9,11H,4-6H2,1-3H3,(H,13,14). The molecule has 2 atom stereocenters. The van der Waals surface area contributed by atoms with Crippen molar-refractivity contribution in [2.24, 2.45) is 11.8 Å². The van der Waals surface area contributed by atoms with Crippen LogP contribution < -0.4 is 4.72 Å². The van der Waals surface area contributed by atoms with Crippen molar-refractivity contribution >= 4 is 16.2 Å². The molecule has 1 fully saturated rings. The SMILES string of the molecule is CC(C)CNS(=O)(=O)N1CCC(C(=O)O)C1C. The van der Waals surface area contributed by atoms with E-state index in [-0.39, 0.29) is 12.5 Å². The Hall–Kier alpha value is -0.660. The zero-order valence-corrected chi connectivity index (χ0v) is 11.2. The molecule has 1 aliphatic rings. The van der Waals surface area contributed by atoms with Gasteiger partial charge in [-0.25, -0.2) is 4.72 Å². The van der Waals surface area contributed by atoms with Gasteiger partial charge in [0.2, 0.25) is 0 Å². The van der Waals surface area contributed by atoms with Gasteiger partial charge in [-0.1, -0.05) is 13.8 Å². The molecule has 0 saturated carbocycles. The summed E-state index contributed by atoms with van der Waals surface area (Å²) in [6.45, 7) is 6.10. The molecule has 2 unspecified atom stereocenters. The summed E-state index contributed by atoms with van der Waals surface area (Å²) in [5, 5.41) is 8.94. The summed E-state index contributed by atoms with van der Waals surface area (Å²) in [6.07, 6.45) is 0.374. The number of carbonyl (C=O) groups is 1. The van der Waals surface area contributed by atoms with Crippen LogP contribution in [0.5, 0.6) is 0 Å². The second kappa shape index (κ2) is 5.32. The summed E-state index contributed by atoms with van der Waals surface area (Å²) < 4.78 is 27.6. The van der Waals surface area contributed by atoms with Gasteiger partial charge in [-0.05, 0) is 19.3 Å². The first-order valence-electron chi connectivity index (χ1n) is 5.75. The highest BCUT2D eigenvalue weighted by molar-refractivity contribution is 7.87. The van der Waals surface area contributed by atoms with Crippen LogP contribution in [0.4, 0.5) is 0 Å². The second-order valence-corrected chi connectivity index (χ2v) is 6.54. The molecule has 2 N–H and O–H groups in total. The zero-order valence-electron chi connectivity index (χ0n) is 10.4. The molecule has 0 spiro atoms. The molecule has 1 saturated heterocycles. The second-order valence-electron chi connectivity index (χ2n) is 4.83.